The van der Waals surface area contributed by atoms with Gasteiger partial charge in [0.2, 0.25) is 0 Å². The molecule has 0 radical (unpaired) electrons. The Balaban J connectivity index is 0.000000264. The van der Waals surface area contributed by atoms with E-state index in [0.717, 1.165) is 51.1 Å². The molecule has 5 heterocycles. The van der Waals surface area contributed by atoms with Crippen molar-refractivity contribution in [2.75, 3.05) is 11.5 Å². The van der Waals surface area contributed by atoms with Gasteiger partial charge in [-0.2, -0.15) is 0 Å². The quantitative estimate of drug-likeness (QED) is 0.171. The van der Waals surface area contributed by atoms with E-state index in [1.165, 1.54) is 18.5 Å². The number of halogens is 4. The van der Waals surface area contributed by atoms with Crippen LogP contribution in [0.3, 0.4) is 0 Å². The molecule has 1 saturated carbocycles. The molecule has 0 unspecified atom stereocenters. The maximum atomic E-state index is 13.7. The average Bonchev–Trinajstić information content (AvgIpc) is 3.69. The fraction of sp³-hybridized carbons (Fsp3) is 0.333. The first kappa shape index (κ1) is 36.3. The Labute approximate surface area is 297 Å². The van der Waals surface area contributed by atoms with E-state index in [1.54, 1.807) is 12.1 Å². The van der Waals surface area contributed by atoms with Crippen molar-refractivity contribution in [3.8, 4) is 0 Å². The first-order valence-electron chi connectivity index (χ1n) is 15.1. The lowest BCUT2D eigenvalue weighted by Gasteiger charge is -2.24. The van der Waals surface area contributed by atoms with E-state index in [0.29, 0.717) is 22.1 Å². The zero-order valence-corrected chi connectivity index (χ0v) is 27.8. The molecule has 13 heteroatoms. The largest absolute Gasteiger partial charge is 0.381 e. The van der Waals surface area contributed by atoms with Crippen molar-refractivity contribution in [2.45, 2.75) is 72.0 Å². The fourth-order valence-corrected chi connectivity index (χ4v) is 7.20. The van der Waals surface area contributed by atoms with Crippen LogP contribution in [-0.2, 0) is 15.9 Å². The first-order valence-corrected chi connectivity index (χ1v) is 16.3. The molecule has 0 spiro atoms. The van der Waals surface area contributed by atoms with Crippen LogP contribution in [0, 0.1) is 17.6 Å². The van der Waals surface area contributed by atoms with Crippen molar-refractivity contribution >= 4 is 72.0 Å². The smallest absolute Gasteiger partial charge is 0.165 e. The minimum absolute atomic E-state index is 0. The molecule has 6 aromatic rings. The number of anilines is 2. The highest BCUT2D eigenvalue weighted by molar-refractivity contribution is 9.10. The molecule has 1 aliphatic heterocycles. The number of nitrogens with two attached hydrogens (primary N) is 2. The lowest BCUT2D eigenvalue weighted by Crippen LogP contribution is -2.27. The van der Waals surface area contributed by atoms with E-state index >= 15 is 0 Å². The predicted octanol–water partition coefficient (Wildman–Crippen LogP) is 9.06. The molecule has 2 fully saturated rings. The summed E-state index contributed by atoms with van der Waals surface area (Å²) in [6.07, 6.45) is 6.09. The molecule has 0 bridgehead atoms. The third-order valence-electron chi connectivity index (χ3n) is 8.80. The highest BCUT2D eigenvalue weighted by Crippen LogP contribution is 2.49. The van der Waals surface area contributed by atoms with Crippen molar-refractivity contribution in [2.24, 2.45) is 5.92 Å². The van der Waals surface area contributed by atoms with E-state index in [2.05, 4.69) is 40.4 Å². The summed E-state index contributed by atoms with van der Waals surface area (Å²) < 4.78 is 42.5. The van der Waals surface area contributed by atoms with E-state index in [1.807, 2.05) is 50.4 Å². The molecule has 8 rings (SSSR count). The van der Waals surface area contributed by atoms with Crippen molar-refractivity contribution < 1.29 is 18.3 Å². The predicted molar refractivity (Wildman–Crippen MR) is 195 cm³/mol. The number of hydrogen-bond acceptors (Lipinski definition) is 8. The van der Waals surface area contributed by atoms with Gasteiger partial charge in [-0.3, -0.25) is 0 Å². The van der Waals surface area contributed by atoms with Gasteiger partial charge in [-0.15, -0.1) is 0 Å². The number of nitrogen functional groups attached to an aromatic ring is 2. The lowest BCUT2D eigenvalue weighted by atomic mass is 9.95. The van der Waals surface area contributed by atoms with Gasteiger partial charge in [0.1, 0.15) is 23.2 Å². The van der Waals surface area contributed by atoms with Gasteiger partial charge in [0.05, 0.1) is 28.6 Å². The highest BCUT2D eigenvalue weighted by atomic mass is 79.9. The van der Waals surface area contributed by atoms with E-state index in [-0.39, 0.29) is 44.7 Å². The van der Waals surface area contributed by atoms with Gasteiger partial charge < -0.3 is 25.5 Å². The molecule has 4 aromatic heterocycles. The van der Waals surface area contributed by atoms with Crippen LogP contribution in [0.5, 0.6) is 0 Å². The molecule has 0 amide bonds. The monoisotopic (exact) mass is 753 g/mol. The number of aryl methyl sites for hydroxylation is 1. The third kappa shape index (κ3) is 7.19. The second-order valence-electron chi connectivity index (χ2n) is 12.4. The Morgan fingerprint density at radius 2 is 1.53 bits per heavy atom. The molecule has 1 aliphatic carbocycles. The minimum atomic E-state index is -0.643. The average molecular weight is 755 g/mol. The summed E-state index contributed by atoms with van der Waals surface area (Å²) in [6, 6.07) is 16.2. The number of fused-ring (bicyclic) bond motifs is 4. The lowest BCUT2D eigenvalue weighted by molar-refractivity contribution is -0.160. The Morgan fingerprint density at radius 3 is 2.22 bits per heavy atom. The van der Waals surface area contributed by atoms with Gasteiger partial charge >= 0.3 is 0 Å². The third-order valence-corrected chi connectivity index (χ3v) is 9.59. The van der Waals surface area contributed by atoms with Gasteiger partial charge in [-0.05, 0) is 81.0 Å². The zero-order valence-electron chi connectivity index (χ0n) is 25.5. The summed E-state index contributed by atoms with van der Waals surface area (Å²) in [5, 5.41) is 2.77. The van der Waals surface area contributed by atoms with Crippen LogP contribution < -0.4 is 11.5 Å². The van der Waals surface area contributed by atoms with Crippen LogP contribution in [0.1, 0.15) is 53.1 Å². The number of pyridine rings is 2. The van der Waals surface area contributed by atoms with Gasteiger partial charge in [-0.25, -0.2) is 28.7 Å². The summed E-state index contributed by atoms with van der Waals surface area (Å²) in [5.74, 6) is -1.45. The van der Waals surface area contributed by atoms with Crippen LogP contribution >= 0.6 is 27.5 Å². The van der Waals surface area contributed by atoms with Crippen LogP contribution in [0.25, 0.3) is 32.8 Å². The van der Waals surface area contributed by atoms with Gasteiger partial charge in [-0.1, -0.05) is 60.6 Å². The van der Waals surface area contributed by atoms with Crippen LogP contribution in [0.4, 0.5) is 20.4 Å². The van der Waals surface area contributed by atoms with E-state index in [4.69, 9.17) is 32.5 Å². The first-order chi connectivity index (χ1) is 22.5. The van der Waals surface area contributed by atoms with Crippen LogP contribution in [-0.4, -0.2) is 42.5 Å². The summed E-state index contributed by atoms with van der Waals surface area (Å²) in [6.45, 7) is 3.93. The number of nitrogens with zero attached hydrogens (tertiary/aromatic N) is 5. The second-order valence-corrected chi connectivity index (χ2v) is 13.6. The highest BCUT2D eigenvalue weighted by Gasteiger charge is 2.54. The summed E-state index contributed by atoms with van der Waals surface area (Å²) in [4.78, 5) is 16.7. The SMILES string of the molecule is C.C.CC1(C)O[C@@H]2[C@@H](CCc3ccc4cc(F)c(N)nc4c3)C[C@@H](n3ccc4c(Cl)ncnc43)[C@@H]2O1.Nc1nc2cc(Br)ccc2cc1F. The molecule has 2 aliphatic rings. The molecule has 4 N–H and O–H groups in total. The van der Waals surface area contributed by atoms with Crippen molar-refractivity contribution in [1.29, 1.82) is 0 Å². The molecular formula is C36H39BrClF2N7O2. The molecule has 2 aromatic carbocycles. The van der Waals surface area contributed by atoms with E-state index < -0.39 is 17.4 Å². The standard InChI is InChI=1S/C25H25ClFN5O2.C9H6BrFN2.2CH4/c1-25(2)33-20-15(6-4-13-3-5-14-10-17(27)23(28)31-18(14)9-13)11-19(21(20)34-25)32-8-7-16-22(26)29-12-30-24(16)32;10-6-2-1-5-3-7(11)9(12)13-8(5)4-6;;/h3,5,7-10,12,15,19-21H,4,6,11H2,1-2H3,(H2,28,31);1-4H,(H2,12,13);2*1H4/t15-,19+,20+,21-;;;/m0.../s1. The van der Waals surface area contributed by atoms with Gasteiger partial charge in [0, 0.05) is 21.4 Å². The number of benzene rings is 2. The molecule has 258 valence electrons. The Morgan fingerprint density at radius 1 is 0.898 bits per heavy atom. The molecule has 49 heavy (non-hydrogen) atoms. The molecule has 1 saturated heterocycles. The summed E-state index contributed by atoms with van der Waals surface area (Å²) in [7, 11) is 0. The van der Waals surface area contributed by atoms with Crippen molar-refractivity contribution in [1.82, 2.24) is 24.5 Å². The number of hydrogen-bond donors (Lipinski definition) is 2. The molecule has 4 atom stereocenters. The van der Waals surface area contributed by atoms with Crippen LogP contribution in [0.15, 0.2) is 71.6 Å². The van der Waals surface area contributed by atoms with Crippen molar-refractivity contribution in [3.63, 3.8) is 0 Å². The maximum absolute atomic E-state index is 13.7. The molecular weight excluding hydrogens is 716 g/mol. The van der Waals surface area contributed by atoms with Crippen molar-refractivity contribution in [3.05, 3.63) is 93.9 Å². The summed E-state index contributed by atoms with van der Waals surface area (Å²) in [5.41, 5.74) is 14.3. The number of aromatic nitrogens is 5. The normalized spacial score (nSPS) is 20.8. The molecule has 9 nitrogen and oxygen atoms in total. The van der Waals surface area contributed by atoms with E-state index in [9.17, 15) is 8.78 Å². The topological polar surface area (TPSA) is 127 Å². The minimum Gasteiger partial charge on any atom is -0.381 e. The Hall–Kier alpha value is -3.97. The second kappa shape index (κ2) is 14.1. The van der Waals surface area contributed by atoms with Gasteiger partial charge in [0.15, 0.2) is 29.1 Å². The Bertz CT molecular complexity index is 2150. The number of ether oxygens (including phenoxy) is 2. The maximum Gasteiger partial charge on any atom is 0.165 e. The fourth-order valence-electron chi connectivity index (χ4n) is 6.66. The Kier molecular flexibility index (Phi) is 10.5. The number of rotatable bonds is 4. The summed E-state index contributed by atoms with van der Waals surface area (Å²) >= 11 is 9.59. The van der Waals surface area contributed by atoms with Gasteiger partial charge in [0.25, 0.3) is 0 Å². The van der Waals surface area contributed by atoms with Crippen LogP contribution in [0.2, 0.25) is 5.15 Å². The zero-order chi connectivity index (χ0) is 33.0.